The number of nitrogens with zero attached hydrogens (tertiary/aromatic N) is 6. The van der Waals surface area contributed by atoms with Crippen molar-refractivity contribution >= 4 is 5.82 Å². The second-order valence-corrected chi connectivity index (χ2v) is 6.01. The Hall–Kier alpha value is -2.22. The van der Waals surface area contributed by atoms with Crippen LogP contribution in [0.25, 0.3) is 0 Å². The highest BCUT2D eigenvalue weighted by molar-refractivity contribution is 5.38. The fourth-order valence-electron chi connectivity index (χ4n) is 2.75. The van der Waals surface area contributed by atoms with Crippen LogP contribution < -0.4 is 9.64 Å². The van der Waals surface area contributed by atoms with E-state index in [2.05, 4.69) is 29.9 Å². The van der Waals surface area contributed by atoms with Crippen molar-refractivity contribution in [2.75, 3.05) is 38.2 Å². The molecule has 2 aliphatic rings. The van der Waals surface area contributed by atoms with Crippen LogP contribution in [0.3, 0.4) is 0 Å². The van der Waals surface area contributed by atoms with E-state index in [0.717, 1.165) is 50.3 Å². The van der Waals surface area contributed by atoms with Crippen molar-refractivity contribution in [2.24, 2.45) is 0 Å². The summed E-state index contributed by atoms with van der Waals surface area (Å²) in [6.07, 6.45) is 5.76. The van der Waals surface area contributed by atoms with Gasteiger partial charge in [0.25, 0.3) is 0 Å². The minimum atomic E-state index is 0.514. The molecular weight excluding hydrogens is 296 g/mol. The Morgan fingerprint density at radius 3 is 2.74 bits per heavy atom. The van der Waals surface area contributed by atoms with Crippen molar-refractivity contribution < 1.29 is 9.26 Å². The number of methoxy groups -OCH3 is 1. The van der Waals surface area contributed by atoms with Gasteiger partial charge < -0.3 is 14.2 Å². The van der Waals surface area contributed by atoms with Crippen LogP contribution in [0.5, 0.6) is 5.88 Å². The van der Waals surface area contributed by atoms with Crippen molar-refractivity contribution in [1.82, 2.24) is 25.0 Å². The van der Waals surface area contributed by atoms with E-state index < -0.39 is 0 Å². The van der Waals surface area contributed by atoms with E-state index in [9.17, 15) is 0 Å². The molecule has 0 spiro atoms. The molecule has 4 rings (SSSR count). The Kier molecular flexibility index (Phi) is 3.82. The zero-order valence-corrected chi connectivity index (χ0v) is 13.2. The lowest BCUT2D eigenvalue weighted by Crippen LogP contribution is -2.46. The second kappa shape index (κ2) is 6.11. The van der Waals surface area contributed by atoms with E-state index in [-0.39, 0.29) is 0 Å². The maximum absolute atomic E-state index is 5.32. The van der Waals surface area contributed by atoms with Gasteiger partial charge in [0.15, 0.2) is 11.6 Å². The summed E-state index contributed by atoms with van der Waals surface area (Å²) in [6.45, 7) is 4.41. The van der Waals surface area contributed by atoms with Gasteiger partial charge in [-0.15, -0.1) is 0 Å². The van der Waals surface area contributed by atoms with E-state index in [4.69, 9.17) is 9.26 Å². The van der Waals surface area contributed by atoms with Gasteiger partial charge >= 0.3 is 0 Å². The molecule has 122 valence electrons. The zero-order chi connectivity index (χ0) is 15.6. The number of hydrogen-bond donors (Lipinski definition) is 0. The average Bonchev–Trinajstić information content (AvgIpc) is 3.35. The van der Waals surface area contributed by atoms with E-state index in [1.807, 2.05) is 0 Å². The molecule has 0 unspecified atom stereocenters. The maximum Gasteiger partial charge on any atom is 0.233 e. The van der Waals surface area contributed by atoms with Gasteiger partial charge in [0.2, 0.25) is 11.8 Å². The van der Waals surface area contributed by atoms with Crippen molar-refractivity contribution in [3.05, 3.63) is 24.1 Å². The molecule has 2 aromatic heterocycles. The largest absolute Gasteiger partial charge is 0.480 e. The normalized spacial score (nSPS) is 19.1. The SMILES string of the molecule is COc1cncc(N2CCN(Cc3noc(C4CC4)n3)CC2)n1. The van der Waals surface area contributed by atoms with Gasteiger partial charge in [-0.2, -0.15) is 9.97 Å². The molecule has 0 bridgehead atoms. The average molecular weight is 316 g/mol. The quantitative estimate of drug-likeness (QED) is 0.810. The Balaban J connectivity index is 1.32. The molecular formula is C15H20N6O2. The minimum absolute atomic E-state index is 0.514. The van der Waals surface area contributed by atoms with Crippen LogP contribution in [0.2, 0.25) is 0 Å². The number of hydrogen-bond acceptors (Lipinski definition) is 8. The molecule has 3 heterocycles. The molecule has 0 atom stereocenters. The Bertz CT molecular complexity index is 663. The molecule has 8 heteroatoms. The minimum Gasteiger partial charge on any atom is -0.480 e. The highest BCUT2D eigenvalue weighted by Gasteiger charge is 2.30. The van der Waals surface area contributed by atoms with E-state index in [1.165, 1.54) is 12.8 Å². The zero-order valence-electron chi connectivity index (χ0n) is 13.2. The number of rotatable bonds is 5. The first-order chi connectivity index (χ1) is 11.3. The summed E-state index contributed by atoms with van der Waals surface area (Å²) in [6, 6.07) is 0. The Morgan fingerprint density at radius 1 is 1.17 bits per heavy atom. The van der Waals surface area contributed by atoms with Crippen LogP contribution in [-0.2, 0) is 6.54 Å². The summed E-state index contributed by atoms with van der Waals surface area (Å²) >= 11 is 0. The summed E-state index contributed by atoms with van der Waals surface area (Å²) in [5.41, 5.74) is 0. The monoisotopic (exact) mass is 316 g/mol. The highest BCUT2D eigenvalue weighted by atomic mass is 16.5. The van der Waals surface area contributed by atoms with Crippen LogP contribution in [0, 0.1) is 0 Å². The molecule has 0 amide bonds. The third kappa shape index (κ3) is 3.26. The van der Waals surface area contributed by atoms with E-state index >= 15 is 0 Å². The first-order valence-corrected chi connectivity index (χ1v) is 7.97. The third-order valence-electron chi connectivity index (χ3n) is 4.28. The fraction of sp³-hybridized carbons (Fsp3) is 0.600. The summed E-state index contributed by atoms with van der Waals surface area (Å²) < 4.78 is 10.5. The lowest BCUT2D eigenvalue weighted by atomic mass is 10.3. The first-order valence-electron chi connectivity index (χ1n) is 7.97. The second-order valence-electron chi connectivity index (χ2n) is 6.01. The molecule has 1 saturated carbocycles. The maximum atomic E-state index is 5.32. The lowest BCUT2D eigenvalue weighted by molar-refractivity contribution is 0.239. The molecule has 1 aliphatic heterocycles. The fourth-order valence-corrected chi connectivity index (χ4v) is 2.75. The third-order valence-corrected chi connectivity index (χ3v) is 4.28. The van der Waals surface area contributed by atoms with Crippen LogP contribution in [0.4, 0.5) is 5.82 Å². The molecule has 23 heavy (non-hydrogen) atoms. The van der Waals surface area contributed by atoms with Crippen molar-refractivity contribution in [3.63, 3.8) is 0 Å². The molecule has 0 radical (unpaired) electrons. The topological polar surface area (TPSA) is 80.4 Å². The molecule has 0 N–H and O–H groups in total. The van der Waals surface area contributed by atoms with E-state index in [0.29, 0.717) is 11.8 Å². The van der Waals surface area contributed by atoms with Gasteiger partial charge in [0.05, 0.1) is 26.0 Å². The predicted octanol–water partition coefficient (Wildman–Crippen LogP) is 1.07. The Morgan fingerprint density at radius 2 is 2.00 bits per heavy atom. The van der Waals surface area contributed by atoms with Gasteiger partial charge in [-0.25, -0.2) is 0 Å². The molecule has 2 fully saturated rings. The summed E-state index contributed by atoms with van der Waals surface area (Å²) in [5, 5.41) is 4.09. The number of ether oxygens (including phenoxy) is 1. The van der Waals surface area contributed by atoms with Gasteiger partial charge in [-0.1, -0.05) is 5.16 Å². The summed E-state index contributed by atoms with van der Waals surface area (Å²) in [7, 11) is 1.60. The molecule has 2 aromatic rings. The summed E-state index contributed by atoms with van der Waals surface area (Å²) in [5.74, 6) is 3.52. The van der Waals surface area contributed by atoms with Crippen molar-refractivity contribution in [3.8, 4) is 5.88 Å². The van der Waals surface area contributed by atoms with Crippen LogP contribution >= 0.6 is 0 Å². The number of aromatic nitrogens is 4. The molecule has 0 aromatic carbocycles. The molecule has 1 aliphatic carbocycles. The first kappa shape index (κ1) is 14.4. The van der Waals surface area contributed by atoms with Gasteiger partial charge in [-0.05, 0) is 12.8 Å². The van der Waals surface area contributed by atoms with Crippen LogP contribution in [0.15, 0.2) is 16.9 Å². The Labute approximate surface area is 134 Å². The predicted molar refractivity (Wildman–Crippen MR) is 82.3 cm³/mol. The summed E-state index contributed by atoms with van der Waals surface area (Å²) in [4.78, 5) is 17.7. The van der Waals surface area contributed by atoms with Crippen LogP contribution in [-0.4, -0.2) is 58.3 Å². The van der Waals surface area contributed by atoms with Gasteiger partial charge in [0.1, 0.15) is 0 Å². The molecule has 1 saturated heterocycles. The standard InChI is InChI=1S/C15H20N6O2/c1-22-14-9-16-8-13(18-14)21-6-4-20(5-7-21)10-12-17-15(23-19-12)11-2-3-11/h8-9,11H,2-7,10H2,1H3. The van der Waals surface area contributed by atoms with E-state index in [1.54, 1.807) is 19.5 Å². The van der Waals surface area contributed by atoms with Gasteiger partial charge in [0, 0.05) is 32.1 Å². The van der Waals surface area contributed by atoms with Crippen LogP contribution in [0.1, 0.15) is 30.5 Å². The molecule has 8 nitrogen and oxygen atoms in total. The lowest BCUT2D eigenvalue weighted by Gasteiger charge is -2.34. The number of anilines is 1. The van der Waals surface area contributed by atoms with Gasteiger partial charge in [-0.3, -0.25) is 9.88 Å². The smallest absolute Gasteiger partial charge is 0.233 e. The van der Waals surface area contributed by atoms with Crippen molar-refractivity contribution in [2.45, 2.75) is 25.3 Å². The highest BCUT2D eigenvalue weighted by Crippen LogP contribution is 2.38. The number of piperazine rings is 1. The van der Waals surface area contributed by atoms with Crippen molar-refractivity contribution in [1.29, 1.82) is 0 Å².